The van der Waals surface area contributed by atoms with Gasteiger partial charge in [0.05, 0.1) is 7.11 Å². The Labute approximate surface area is 155 Å². The van der Waals surface area contributed by atoms with Crippen LogP contribution < -0.4 is 10.1 Å². The lowest BCUT2D eigenvalue weighted by molar-refractivity contribution is 0.415. The maximum Gasteiger partial charge on any atom is 0.163 e. The van der Waals surface area contributed by atoms with Crippen LogP contribution in [-0.4, -0.2) is 29.1 Å². The van der Waals surface area contributed by atoms with Gasteiger partial charge in [-0.1, -0.05) is 18.2 Å². The van der Waals surface area contributed by atoms with Crippen molar-refractivity contribution in [3.8, 4) is 28.3 Å². The van der Waals surface area contributed by atoms with Crippen molar-refractivity contribution in [3.63, 3.8) is 0 Å². The predicted octanol–water partition coefficient (Wildman–Crippen LogP) is 4.55. The fraction of sp³-hybridized carbons (Fsp3) is 0.0952. The van der Waals surface area contributed by atoms with Gasteiger partial charge in [0.2, 0.25) is 0 Å². The Hall–Kier alpha value is -3.54. The molecule has 0 atom stereocenters. The maximum absolute atomic E-state index is 15.4. The SMILES string of the molecule is CNc1nc(-c2cccnc2)nc2c(F)c(-c3ccc(OC)cc3)ccc12. The van der Waals surface area contributed by atoms with E-state index in [1.165, 1.54) is 0 Å². The molecular weight excluding hydrogens is 343 g/mol. The smallest absolute Gasteiger partial charge is 0.163 e. The summed E-state index contributed by atoms with van der Waals surface area (Å²) in [6.07, 6.45) is 3.33. The molecule has 0 aliphatic carbocycles. The van der Waals surface area contributed by atoms with Crippen LogP contribution in [0.25, 0.3) is 33.4 Å². The molecule has 4 rings (SSSR count). The third-order valence-corrected chi connectivity index (χ3v) is 4.36. The lowest BCUT2D eigenvalue weighted by Gasteiger charge is -2.11. The van der Waals surface area contributed by atoms with Gasteiger partial charge in [0.15, 0.2) is 11.6 Å². The van der Waals surface area contributed by atoms with E-state index in [1.54, 1.807) is 50.8 Å². The lowest BCUT2D eigenvalue weighted by Crippen LogP contribution is -2.01. The van der Waals surface area contributed by atoms with Crippen LogP contribution in [0.1, 0.15) is 0 Å². The first-order valence-corrected chi connectivity index (χ1v) is 8.44. The highest BCUT2D eigenvalue weighted by molar-refractivity contribution is 5.94. The quantitative estimate of drug-likeness (QED) is 0.579. The minimum Gasteiger partial charge on any atom is -0.497 e. The minimum atomic E-state index is -0.387. The van der Waals surface area contributed by atoms with E-state index in [-0.39, 0.29) is 11.3 Å². The molecule has 0 saturated carbocycles. The van der Waals surface area contributed by atoms with Gasteiger partial charge in [-0.25, -0.2) is 14.4 Å². The third kappa shape index (κ3) is 3.06. The third-order valence-electron chi connectivity index (χ3n) is 4.36. The summed E-state index contributed by atoms with van der Waals surface area (Å²) in [5, 5.41) is 3.65. The second-order valence-electron chi connectivity index (χ2n) is 5.94. The summed E-state index contributed by atoms with van der Waals surface area (Å²) in [7, 11) is 3.35. The van der Waals surface area contributed by atoms with E-state index in [1.807, 2.05) is 24.3 Å². The average Bonchev–Trinajstić information content (AvgIpc) is 2.74. The summed E-state index contributed by atoms with van der Waals surface area (Å²) >= 11 is 0. The van der Waals surface area contributed by atoms with Gasteiger partial charge >= 0.3 is 0 Å². The predicted molar refractivity (Wildman–Crippen MR) is 104 cm³/mol. The van der Waals surface area contributed by atoms with Gasteiger partial charge in [-0.05, 0) is 35.9 Å². The van der Waals surface area contributed by atoms with Crippen molar-refractivity contribution in [1.29, 1.82) is 0 Å². The first-order valence-electron chi connectivity index (χ1n) is 8.44. The van der Waals surface area contributed by atoms with Gasteiger partial charge < -0.3 is 10.1 Å². The number of methoxy groups -OCH3 is 1. The van der Waals surface area contributed by atoms with Crippen LogP contribution in [0.2, 0.25) is 0 Å². The summed E-state index contributed by atoms with van der Waals surface area (Å²) in [4.78, 5) is 13.1. The van der Waals surface area contributed by atoms with Crippen LogP contribution in [-0.2, 0) is 0 Å². The molecular formula is C21H17FN4O. The fourth-order valence-corrected chi connectivity index (χ4v) is 2.97. The molecule has 2 heterocycles. The summed E-state index contributed by atoms with van der Waals surface area (Å²) in [5.41, 5.74) is 2.22. The van der Waals surface area contributed by atoms with E-state index in [9.17, 15) is 0 Å². The Morgan fingerprint density at radius 1 is 0.963 bits per heavy atom. The lowest BCUT2D eigenvalue weighted by atomic mass is 10.0. The van der Waals surface area contributed by atoms with Gasteiger partial charge in [-0.3, -0.25) is 4.98 Å². The first-order chi connectivity index (χ1) is 13.2. The largest absolute Gasteiger partial charge is 0.497 e. The molecule has 1 N–H and O–H groups in total. The highest BCUT2D eigenvalue weighted by Gasteiger charge is 2.16. The summed E-state index contributed by atoms with van der Waals surface area (Å²) in [5.74, 6) is 1.32. The van der Waals surface area contributed by atoms with Crippen molar-refractivity contribution in [1.82, 2.24) is 15.0 Å². The first kappa shape index (κ1) is 16.9. The van der Waals surface area contributed by atoms with Crippen LogP contribution in [0.5, 0.6) is 5.75 Å². The monoisotopic (exact) mass is 360 g/mol. The van der Waals surface area contributed by atoms with Gasteiger partial charge in [-0.2, -0.15) is 0 Å². The molecule has 5 nitrogen and oxygen atoms in total. The number of hydrogen-bond donors (Lipinski definition) is 1. The van der Waals surface area contributed by atoms with Crippen LogP contribution in [0.15, 0.2) is 60.9 Å². The standard InChI is InChI=1S/C21H17FN4O/c1-23-21-17-10-9-16(13-5-7-15(27-2)8-6-13)18(22)19(17)25-20(26-21)14-4-3-11-24-12-14/h3-12H,1-2H3,(H,23,25,26). The molecule has 6 heteroatoms. The van der Waals surface area contributed by atoms with Crippen molar-refractivity contribution < 1.29 is 9.13 Å². The molecule has 0 aliphatic rings. The Balaban J connectivity index is 1.92. The zero-order valence-corrected chi connectivity index (χ0v) is 14.9. The molecule has 134 valence electrons. The summed E-state index contributed by atoms with van der Waals surface area (Å²) < 4.78 is 20.6. The van der Waals surface area contributed by atoms with E-state index < -0.39 is 0 Å². The number of halogens is 1. The molecule has 0 saturated heterocycles. The topological polar surface area (TPSA) is 59.9 Å². The van der Waals surface area contributed by atoms with E-state index in [2.05, 4.69) is 20.3 Å². The number of fused-ring (bicyclic) bond motifs is 1. The fourth-order valence-electron chi connectivity index (χ4n) is 2.97. The van der Waals surface area contributed by atoms with Crippen LogP contribution in [0, 0.1) is 5.82 Å². The summed E-state index contributed by atoms with van der Waals surface area (Å²) in [6, 6.07) is 14.5. The van der Waals surface area contributed by atoms with E-state index in [0.717, 1.165) is 16.9 Å². The molecule has 2 aromatic carbocycles. The molecule has 0 radical (unpaired) electrons. The zero-order chi connectivity index (χ0) is 18.8. The van der Waals surface area contributed by atoms with E-state index in [4.69, 9.17) is 4.74 Å². The minimum absolute atomic E-state index is 0.265. The number of nitrogens with zero attached hydrogens (tertiary/aromatic N) is 3. The highest BCUT2D eigenvalue weighted by Crippen LogP contribution is 2.32. The number of anilines is 1. The molecule has 0 aliphatic heterocycles. The Bertz CT molecular complexity index is 1100. The second kappa shape index (κ2) is 6.99. The van der Waals surface area contributed by atoms with Gasteiger partial charge in [0.25, 0.3) is 0 Å². The van der Waals surface area contributed by atoms with Crippen molar-refractivity contribution in [2.45, 2.75) is 0 Å². The number of ether oxygens (including phenoxy) is 1. The van der Waals surface area contributed by atoms with E-state index >= 15 is 4.39 Å². The van der Waals surface area contributed by atoms with Crippen molar-refractivity contribution in [2.24, 2.45) is 0 Å². The highest BCUT2D eigenvalue weighted by atomic mass is 19.1. The molecule has 0 bridgehead atoms. The number of aromatic nitrogens is 3. The second-order valence-corrected chi connectivity index (χ2v) is 5.94. The maximum atomic E-state index is 15.4. The molecule has 27 heavy (non-hydrogen) atoms. The molecule has 0 fully saturated rings. The zero-order valence-electron chi connectivity index (χ0n) is 14.9. The van der Waals surface area contributed by atoms with Crippen molar-refractivity contribution in [3.05, 3.63) is 66.7 Å². The Kier molecular flexibility index (Phi) is 4.38. The van der Waals surface area contributed by atoms with Gasteiger partial charge in [0.1, 0.15) is 17.1 Å². The van der Waals surface area contributed by atoms with Crippen LogP contribution in [0.3, 0.4) is 0 Å². The summed E-state index contributed by atoms with van der Waals surface area (Å²) in [6.45, 7) is 0. The Morgan fingerprint density at radius 2 is 1.78 bits per heavy atom. The number of pyridine rings is 1. The normalized spacial score (nSPS) is 10.8. The average molecular weight is 360 g/mol. The molecule has 2 aromatic heterocycles. The van der Waals surface area contributed by atoms with E-state index in [0.29, 0.717) is 22.6 Å². The molecule has 0 spiro atoms. The molecule has 0 unspecified atom stereocenters. The number of benzene rings is 2. The van der Waals surface area contributed by atoms with Gasteiger partial charge in [0, 0.05) is 36.0 Å². The molecule has 4 aromatic rings. The number of rotatable bonds is 4. The van der Waals surface area contributed by atoms with Crippen molar-refractivity contribution in [2.75, 3.05) is 19.5 Å². The molecule has 0 amide bonds. The number of nitrogens with one attached hydrogen (secondary N) is 1. The Morgan fingerprint density at radius 3 is 2.44 bits per heavy atom. The van der Waals surface area contributed by atoms with Crippen LogP contribution >= 0.6 is 0 Å². The number of hydrogen-bond acceptors (Lipinski definition) is 5. The van der Waals surface area contributed by atoms with Gasteiger partial charge in [-0.15, -0.1) is 0 Å². The van der Waals surface area contributed by atoms with Crippen LogP contribution in [0.4, 0.5) is 10.2 Å². The van der Waals surface area contributed by atoms with Crippen molar-refractivity contribution >= 4 is 16.7 Å².